The van der Waals surface area contributed by atoms with Crippen LogP contribution in [0.25, 0.3) is 0 Å². The SMILES string of the molecule is COc1cccc(CNC(=O)C(C)S(=O)(=O)Cc2ccccc2F)c1. The molecule has 2 aromatic rings. The van der Waals surface area contributed by atoms with E-state index in [1.807, 2.05) is 0 Å². The van der Waals surface area contributed by atoms with Crippen molar-refractivity contribution in [2.45, 2.75) is 24.5 Å². The summed E-state index contributed by atoms with van der Waals surface area (Å²) in [4.78, 5) is 12.2. The number of ether oxygens (including phenoxy) is 1. The number of methoxy groups -OCH3 is 1. The molecule has 2 rings (SSSR count). The van der Waals surface area contributed by atoms with E-state index >= 15 is 0 Å². The van der Waals surface area contributed by atoms with Crippen LogP contribution in [-0.2, 0) is 26.9 Å². The minimum atomic E-state index is -3.83. The highest BCUT2D eigenvalue weighted by molar-refractivity contribution is 7.92. The normalized spacial score (nSPS) is 12.4. The molecule has 134 valence electrons. The van der Waals surface area contributed by atoms with Gasteiger partial charge in [0.15, 0.2) is 9.84 Å². The molecular weight excluding hydrogens is 345 g/mol. The van der Waals surface area contributed by atoms with Crippen LogP contribution in [0.3, 0.4) is 0 Å². The van der Waals surface area contributed by atoms with Gasteiger partial charge in [-0.2, -0.15) is 0 Å². The maximum atomic E-state index is 13.6. The first-order valence-corrected chi connectivity index (χ1v) is 9.40. The largest absolute Gasteiger partial charge is 0.497 e. The lowest BCUT2D eigenvalue weighted by Crippen LogP contribution is -2.38. The number of hydrogen-bond acceptors (Lipinski definition) is 4. The van der Waals surface area contributed by atoms with Crippen LogP contribution in [0.1, 0.15) is 18.1 Å². The molecule has 0 radical (unpaired) electrons. The highest BCUT2D eigenvalue weighted by Crippen LogP contribution is 2.15. The second kappa shape index (κ2) is 8.11. The van der Waals surface area contributed by atoms with Crippen LogP contribution >= 0.6 is 0 Å². The van der Waals surface area contributed by atoms with Crippen molar-refractivity contribution in [1.29, 1.82) is 0 Å². The van der Waals surface area contributed by atoms with Gasteiger partial charge in [-0.1, -0.05) is 30.3 Å². The molecule has 0 spiro atoms. The number of rotatable bonds is 7. The summed E-state index contributed by atoms with van der Waals surface area (Å²) in [6, 6.07) is 12.7. The fourth-order valence-electron chi connectivity index (χ4n) is 2.24. The Morgan fingerprint density at radius 1 is 1.20 bits per heavy atom. The van der Waals surface area contributed by atoms with E-state index in [1.54, 1.807) is 30.3 Å². The zero-order chi connectivity index (χ0) is 18.4. The summed E-state index contributed by atoms with van der Waals surface area (Å²) >= 11 is 0. The molecule has 1 N–H and O–H groups in total. The molecule has 1 amide bonds. The minimum absolute atomic E-state index is 0.0509. The number of benzene rings is 2. The van der Waals surface area contributed by atoms with Crippen LogP contribution in [-0.4, -0.2) is 26.7 Å². The molecule has 0 aromatic heterocycles. The van der Waals surface area contributed by atoms with Gasteiger partial charge in [0.2, 0.25) is 5.91 Å². The lowest BCUT2D eigenvalue weighted by Gasteiger charge is -2.14. The summed E-state index contributed by atoms with van der Waals surface area (Å²) in [7, 11) is -2.29. The molecule has 0 saturated carbocycles. The van der Waals surface area contributed by atoms with Gasteiger partial charge in [-0.3, -0.25) is 4.79 Å². The van der Waals surface area contributed by atoms with Crippen LogP contribution in [0, 0.1) is 5.82 Å². The van der Waals surface area contributed by atoms with Crippen LogP contribution in [0.2, 0.25) is 0 Å². The Balaban J connectivity index is 2.01. The average Bonchev–Trinajstić information content (AvgIpc) is 2.61. The van der Waals surface area contributed by atoms with Gasteiger partial charge >= 0.3 is 0 Å². The highest BCUT2D eigenvalue weighted by atomic mass is 32.2. The van der Waals surface area contributed by atoms with E-state index in [2.05, 4.69) is 5.32 Å². The number of carbonyl (C=O) groups is 1. The zero-order valence-corrected chi connectivity index (χ0v) is 14.8. The van der Waals surface area contributed by atoms with Crippen molar-refractivity contribution in [3.63, 3.8) is 0 Å². The number of halogens is 1. The van der Waals surface area contributed by atoms with Crippen LogP contribution < -0.4 is 10.1 Å². The Hall–Kier alpha value is -2.41. The monoisotopic (exact) mass is 365 g/mol. The summed E-state index contributed by atoms with van der Waals surface area (Å²) in [5.74, 6) is -1.10. The fourth-order valence-corrected chi connectivity index (χ4v) is 3.56. The van der Waals surface area contributed by atoms with E-state index in [1.165, 1.54) is 32.2 Å². The van der Waals surface area contributed by atoms with E-state index in [0.29, 0.717) is 5.75 Å². The lowest BCUT2D eigenvalue weighted by molar-refractivity contribution is -0.120. The molecule has 2 aromatic carbocycles. The molecule has 7 heteroatoms. The minimum Gasteiger partial charge on any atom is -0.497 e. The Kier molecular flexibility index (Phi) is 6.14. The van der Waals surface area contributed by atoms with Gasteiger partial charge in [-0.15, -0.1) is 0 Å². The third kappa shape index (κ3) is 5.03. The first kappa shape index (κ1) is 18.9. The molecule has 0 heterocycles. The predicted octanol–water partition coefficient (Wildman–Crippen LogP) is 2.45. The fraction of sp³-hybridized carbons (Fsp3) is 0.278. The summed E-state index contributed by atoms with van der Waals surface area (Å²) in [6.07, 6.45) is 0. The van der Waals surface area contributed by atoms with Crippen LogP contribution in [0.4, 0.5) is 4.39 Å². The van der Waals surface area contributed by atoms with Gasteiger partial charge < -0.3 is 10.1 Å². The Labute approximate surface area is 146 Å². The second-order valence-electron chi connectivity index (χ2n) is 5.61. The summed E-state index contributed by atoms with van der Waals surface area (Å²) in [6.45, 7) is 1.48. The number of carbonyl (C=O) groups excluding carboxylic acids is 1. The molecule has 0 aliphatic rings. The molecular formula is C18H20FNO4S. The summed E-state index contributed by atoms with van der Waals surface area (Å²) in [5.41, 5.74) is 0.835. The maximum absolute atomic E-state index is 13.6. The molecule has 1 unspecified atom stereocenters. The highest BCUT2D eigenvalue weighted by Gasteiger charge is 2.28. The molecule has 0 aliphatic carbocycles. The van der Waals surface area contributed by atoms with Crippen molar-refractivity contribution in [3.8, 4) is 5.75 Å². The molecule has 0 saturated heterocycles. The number of hydrogen-bond donors (Lipinski definition) is 1. The third-order valence-corrected chi connectivity index (χ3v) is 5.83. The molecule has 1 atom stereocenters. The van der Waals surface area contributed by atoms with Gasteiger partial charge in [0.05, 0.1) is 12.9 Å². The van der Waals surface area contributed by atoms with Gasteiger partial charge in [0.25, 0.3) is 0 Å². The predicted molar refractivity (Wildman–Crippen MR) is 93.3 cm³/mol. The molecule has 5 nitrogen and oxygen atoms in total. The molecule has 25 heavy (non-hydrogen) atoms. The van der Waals surface area contributed by atoms with Gasteiger partial charge in [-0.05, 0) is 30.7 Å². The first-order valence-electron chi connectivity index (χ1n) is 7.69. The quantitative estimate of drug-likeness (QED) is 0.818. The zero-order valence-electron chi connectivity index (χ0n) is 14.0. The van der Waals surface area contributed by atoms with Crippen molar-refractivity contribution in [3.05, 3.63) is 65.5 Å². The summed E-state index contributed by atoms with van der Waals surface area (Å²) < 4.78 is 43.5. The smallest absolute Gasteiger partial charge is 0.238 e. The van der Waals surface area contributed by atoms with Crippen molar-refractivity contribution in [2.75, 3.05) is 7.11 Å². The standard InChI is InChI=1S/C18H20FNO4S/c1-13(25(22,23)12-15-7-3-4-9-17(15)19)18(21)20-11-14-6-5-8-16(10-14)24-2/h3-10,13H,11-12H2,1-2H3,(H,20,21). The second-order valence-corrected chi connectivity index (χ2v) is 7.93. The van der Waals surface area contributed by atoms with Gasteiger partial charge in [0.1, 0.15) is 16.8 Å². The first-order chi connectivity index (χ1) is 11.8. The topological polar surface area (TPSA) is 72.5 Å². The van der Waals surface area contributed by atoms with Gasteiger partial charge in [0, 0.05) is 12.1 Å². The molecule has 0 fully saturated rings. The average molecular weight is 365 g/mol. The van der Waals surface area contributed by atoms with Gasteiger partial charge in [-0.25, -0.2) is 12.8 Å². The molecule has 0 aliphatic heterocycles. The van der Waals surface area contributed by atoms with Crippen LogP contribution in [0.15, 0.2) is 48.5 Å². The number of nitrogens with one attached hydrogen (secondary N) is 1. The Bertz CT molecular complexity index is 852. The van der Waals surface area contributed by atoms with E-state index in [0.717, 1.165) is 5.56 Å². The van der Waals surface area contributed by atoms with Crippen LogP contribution in [0.5, 0.6) is 5.75 Å². The van der Waals surface area contributed by atoms with Crippen molar-refractivity contribution in [2.24, 2.45) is 0 Å². The number of amides is 1. The number of sulfone groups is 1. The Morgan fingerprint density at radius 2 is 1.92 bits per heavy atom. The van der Waals surface area contributed by atoms with Crippen molar-refractivity contribution in [1.82, 2.24) is 5.32 Å². The summed E-state index contributed by atoms with van der Waals surface area (Å²) in [5, 5.41) is 1.31. The van der Waals surface area contributed by atoms with Crippen molar-refractivity contribution >= 4 is 15.7 Å². The lowest BCUT2D eigenvalue weighted by atomic mass is 10.2. The maximum Gasteiger partial charge on any atom is 0.238 e. The van der Waals surface area contributed by atoms with E-state index in [4.69, 9.17) is 4.74 Å². The third-order valence-electron chi connectivity index (χ3n) is 3.82. The Morgan fingerprint density at radius 3 is 2.60 bits per heavy atom. The van der Waals surface area contributed by atoms with E-state index < -0.39 is 32.6 Å². The van der Waals surface area contributed by atoms with E-state index in [9.17, 15) is 17.6 Å². The van der Waals surface area contributed by atoms with Crippen molar-refractivity contribution < 1.29 is 22.3 Å². The van der Waals surface area contributed by atoms with E-state index in [-0.39, 0.29) is 12.1 Å². The molecule has 0 bridgehead atoms.